The first-order valence-electron chi connectivity index (χ1n) is 11.0. The second-order valence-corrected chi connectivity index (χ2v) is 12.4. The van der Waals surface area contributed by atoms with Gasteiger partial charge >= 0.3 is 0 Å². The fraction of sp³-hybridized carbons (Fsp3) is 0.214. The third-order valence-electron chi connectivity index (χ3n) is 5.56. The highest BCUT2D eigenvalue weighted by Crippen LogP contribution is 2.48. The fourth-order valence-electron chi connectivity index (χ4n) is 4.02. The third kappa shape index (κ3) is 5.78. The summed E-state index contributed by atoms with van der Waals surface area (Å²) < 4.78 is 0. The normalized spacial score (nSPS) is 14.5. The van der Waals surface area contributed by atoms with Crippen molar-refractivity contribution in [3.63, 3.8) is 0 Å². The Morgan fingerprint density at radius 3 is 1.50 bits per heavy atom. The van der Waals surface area contributed by atoms with E-state index in [1.54, 1.807) is 10.6 Å². The average Bonchev–Trinajstić information content (AvgIpc) is 2.84. The molecule has 4 rings (SSSR count). The van der Waals surface area contributed by atoms with Gasteiger partial charge < -0.3 is 0 Å². The van der Waals surface area contributed by atoms with E-state index in [9.17, 15) is 0 Å². The van der Waals surface area contributed by atoms with Gasteiger partial charge in [0.25, 0.3) is 0 Å². The average molecular weight is 428 g/mol. The molecular formula is C28H30P2. The Morgan fingerprint density at radius 2 is 1.03 bits per heavy atom. The van der Waals surface area contributed by atoms with Crippen molar-refractivity contribution in [3.8, 4) is 0 Å². The van der Waals surface area contributed by atoms with Crippen LogP contribution < -0.4 is 15.9 Å². The van der Waals surface area contributed by atoms with Gasteiger partial charge in [-0.3, -0.25) is 0 Å². The highest BCUT2D eigenvalue weighted by molar-refractivity contribution is 7.73. The van der Waals surface area contributed by atoms with E-state index in [-0.39, 0.29) is 15.8 Å². The summed E-state index contributed by atoms with van der Waals surface area (Å²) in [5, 5.41) is 6.22. The van der Waals surface area contributed by atoms with Gasteiger partial charge in [0, 0.05) is 0 Å². The number of benzene rings is 3. The van der Waals surface area contributed by atoms with Gasteiger partial charge in [-0.2, -0.15) is 0 Å². The van der Waals surface area contributed by atoms with Crippen LogP contribution in [0.25, 0.3) is 0 Å². The SMILES string of the molecule is C1=CCCC(P(CCCCP(c2ccccc2)c2ccccc2)c2ccccc2)=C1. The van der Waals surface area contributed by atoms with Gasteiger partial charge in [-0.25, -0.2) is 0 Å². The second-order valence-electron chi connectivity index (χ2n) is 7.64. The molecule has 1 unspecified atom stereocenters. The first kappa shape index (κ1) is 21.2. The maximum atomic E-state index is 2.39. The molecule has 0 nitrogen and oxygen atoms in total. The van der Waals surface area contributed by atoms with Crippen LogP contribution in [-0.2, 0) is 0 Å². The predicted molar refractivity (Wildman–Crippen MR) is 137 cm³/mol. The molecule has 0 fully saturated rings. The molecule has 0 radical (unpaired) electrons. The summed E-state index contributed by atoms with van der Waals surface area (Å²) in [4.78, 5) is 0. The van der Waals surface area contributed by atoms with Gasteiger partial charge in [0.1, 0.15) is 0 Å². The Balaban J connectivity index is 1.43. The minimum absolute atomic E-state index is 0.196. The summed E-state index contributed by atoms with van der Waals surface area (Å²) in [6, 6.07) is 33.5. The van der Waals surface area contributed by atoms with Crippen molar-refractivity contribution in [2.75, 3.05) is 12.3 Å². The van der Waals surface area contributed by atoms with Gasteiger partial charge in [0.2, 0.25) is 0 Å². The molecule has 0 bridgehead atoms. The van der Waals surface area contributed by atoms with Crippen LogP contribution in [0, 0.1) is 0 Å². The van der Waals surface area contributed by atoms with Crippen molar-refractivity contribution in [2.45, 2.75) is 25.7 Å². The molecule has 0 aromatic heterocycles. The largest absolute Gasteiger partial charge is 0.0842 e. The molecule has 0 aliphatic heterocycles. The second kappa shape index (κ2) is 11.4. The summed E-state index contributed by atoms with van der Waals surface area (Å²) in [5.41, 5.74) is 0. The molecule has 3 aromatic carbocycles. The number of rotatable bonds is 9. The van der Waals surface area contributed by atoms with Gasteiger partial charge in [-0.15, -0.1) is 0 Å². The molecule has 1 atom stereocenters. The fourth-order valence-corrected chi connectivity index (χ4v) is 9.06. The molecule has 1 aliphatic rings. The van der Waals surface area contributed by atoms with E-state index in [1.807, 2.05) is 0 Å². The molecule has 0 N–H and O–H groups in total. The quantitative estimate of drug-likeness (QED) is 0.256. The van der Waals surface area contributed by atoms with Crippen LogP contribution in [0.3, 0.4) is 0 Å². The summed E-state index contributed by atoms with van der Waals surface area (Å²) in [6.45, 7) is 0. The van der Waals surface area contributed by atoms with E-state index < -0.39 is 0 Å². The van der Waals surface area contributed by atoms with Crippen LogP contribution >= 0.6 is 15.8 Å². The molecule has 2 heteroatoms. The van der Waals surface area contributed by atoms with Crippen LogP contribution in [0.5, 0.6) is 0 Å². The summed E-state index contributed by atoms with van der Waals surface area (Å²) in [6.07, 6.45) is 14.6. The molecule has 0 saturated heterocycles. The van der Waals surface area contributed by atoms with Crippen molar-refractivity contribution < 1.29 is 0 Å². The third-order valence-corrected chi connectivity index (χ3v) is 10.9. The Kier molecular flexibility index (Phi) is 8.08. The molecule has 1 aliphatic carbocycles. The number of allylic oxidation sites excluding steroid dienone is 4. The summed E-state index contributed by atoms with van der Waals surface area (Å²) in [5.74, 6) is 0. The molecule has 0 amide bonds. The lowest BCUT2D eigenvalue weighted by Gasteiger charge is -2.24. The molecular weight excluding hydrogens is 398 g/mol. The highest BCUT2D eigenvalue weighted by atomic mass is 31.1. The maximum Gasteiger partial charge on any atom is -0.0195 e. The lowest BCUT2D eigenvalue weighted by Crippen LogP contribution is -2.14. The van der Waals surface area contributed by atoms with Crippen LogP contribution in [0.4, 0.5) is 0 Å². The van der Waals surface area contributed by atoms with Crippen molar-refractivity contribution in [1.29, 1.82) is 0 Å². The molecule has 0 spiro atoms. The monoisotopic (exact) mass is 428 g/mol. The van der Waals surface area contributed by atoms with Gasteiger partial charge in [-0.1, -0.05) is 109 Å². The predicted octanol–water partition coefficient (Wildman–Crippen LogP) is 6.94. The van der Waals surface area contributed by atoms with E-state index in [2.05, 4.69) is 109 Å². The number of hydrogen-bond acceptors (Lipinski definition) is 0. The summed E-state index contributed by atoms with van der Waals surface area (Å²) in [7, 11) is -0.465. The number of hydrogen-bond donors (Lipinski definition) is 0. The van der Waals surface area contributed by atoms with Gasteiger partial charge in [-0.05, 0) is 75.1 Å². The lowest BCUT2D eigenvalue weighted by molar-refractivity contribution is 0.898. The minimum atomic E-state index is -0.269. The zero-order valence-electron chi connectivity index (χ0n) is 17.5. The van der Waals surface area contributed by atoms with Crippen LogP contribution in [0.2, 0.25) is 0 Å². The molecule has 30 heavy (non-hydrogen) atoms. The van der Waals surface area contributed by atoms with Gasteiger partial charge in [0.15, 0.2) is 0 Å². The topological polar surface area (TPSA) is 0 Å². The first-order valence-corrected chi connectivity index (χ1v) is 14.0. The van der Waals surface area contributed by atoms with Gasteiger partial charge in [0.05, 0.1) is 0 Å². The highest BCUT2D eigenvalue weighted by Gasteiger charge is 2.18. The van der Waals surface area contributed by atoms with Crippen molar-refractivity contribution >= 4 is 31.8 Å². The Labute approximate surface area is 184 Å². The molecule has 152 valence electrons. The van der Waals surface area contributed by atoms with E-state index in [0.717, 1.165) is 0 Å². The standard InChI is InChI=1S/C28H30P2/c1-5-15-25(16-6-1)29(26-17-7-2-8-18-26)23-13-14-24-30(27-19-9-3-10-20-27)28-21-11-4-12-22-28/h1-11,15-21H,12-14,22-24H2. The zero-order chi connectivity index (χ0) is 20.4. The smallest absolute Gasteiger partial charge is 0.0195 e. The Bertz CT molecular complexity index is 906. The van der Waals surface area contributed by atoms with Crippen molar-refractivity contribution in [1.82, 2.24) is 0 Å². The van der Waals surface area contributed by atoms with Crippen LogP contribution in [-0.4, -0.2) is 12.3 Å². The number of unbranched alkanes of at least 4 members (excludes halogenated alkanes) is 1. The van der Waals surface area contributed by atoms with E-state index >= 15 is 0 Å². The van der Waals surface area contributed by atoms with Crippen molar-refractivity contribution in [3.05, 3.63) is 115 Å². The molecule has 3 aromatic rings. The lowest BCUT2D eigenvalue weighted by atomic mass is 10.2. The zero-order valence-corrected chi connectivity index (χ0v) is 19.3. The van der Waals surface area contributed by atoms with E-state index in [4.69, 9.17) is 0 Å². The first-order chi connectivity index (χ1) is 14.9. The van der Waals surface area contributed by atoms with Crippen LogP contribution in [0.1, 0.15) is 25.7 Å². The van der Waals surface area contributed by atoms with Crippen LogP contribution in [0.15, 0.2) is 115 Å². The molecule has 0 heterocycles. The van der Waals surface area contributed by atoms with Crippen molar-refractivity contribution in [2.24, 2.45) is 0 Å². The Morgan fingerprint density at radius 1 is 0.567 bits per heavy atom. The maximum absolute atomic E-state index is 2.39. The van der Waals surface area contributed by atoms with E-state index in [0.29, 0.717) is 0 Å². The van der Waals surface area contributed by atoms with E-state index in [1.165, 1.54) is 48.6 Å². The molecule has 0 saturated carbocycles. The minimum Gasteiger partial charge on any atom is -0.0842 e. The Hall–Kier alpha value is -2.00. The summed E-state index contributed by atoms with van der Waals surface area (Å²) >= 11 is 0.